The molecule has 0 aliphatic carbocycles. The second-order valence-corrected chi connectivity index (χ2v) is 12.3. The van der Waals surface area contributed by atoms with Crippen LogP contribution in [0.4, 0.5) is 0 Å². The summed E-state index contributed by atoms with van der Waals surface area (Å²) in [7, 11) is 0. The molecule has 1 aromatic rings. The second-order valence-electron chi connectivity index (χ2n) is 11.3. The maximum Gasteiger partial charge on any atom is 0.309 e. The van der Waals surface area contributed by atoms with Gasteiger partial charge in [-0.15, -0.1) is 11.3 Å². The van der Waals surface area contributed by atoms with Crippen LogP contribution in [0.2, 0.25) is 0 Å². The maximum atomic E-state index is 13.2. The lowest BCUT2D eigenvalue weighted by Gasteiger charge is -2.34. The van der Waals surface area contributed by atoms with Gasteiger partial charge in [-0.3, -0.25) is 9.59 Å². The Bertz CT molecular complexity index is 955. The van der Waals surface area contributed by atoms with Crippen molar-refractivity contribution in [2.45, 2.75) is 111 Å². The van der Waals surface area contributed by atoms with Crippen molar-refractivity contribution in [1.82, 2.24) is 4.98 Å². The molecule has 3 heterocycles. The third-order valence-electron chi connectivity index (χ3n) is 7.93. The van der Waals surface area contributed by atoms with Gasteiger partial charge in [0.05, 0.1) is 46.5 Å². The summed E-state index contributed by atoms with van der Waals surface area (Å²) >= 11 is 1.56. The molecular weight excluding hydrogens is 466 g/mol. The molecule has 0 aromatic carbocycles. The molecule has 1 aromatic heterocycles. The second kappa shape index (κ2) is 10.8. The molecule has 0 amide bonds. The number of Topliss-reactive ketones (excluding diaryl/α,β-unsaturated/α-hetero) is 1. The van der Waals surface area contributed by atoms with Gasteiger partial charge in [0, 0.05) is 17.7 Å². The third-order valence-corrected chi connectivity index (χ3v) is 8.72. The Labute approximate surface area is 212 Å². The largest absolute Gasteiger partial charge is 0.458 e. The number of aliphatic hydroxyl groups excluding tert-OH is 2. The topological polar surface area (TPSA) is 109 Å². The van der Waals surface area contributed by atoms with Crippen LogP contribution in [-0.4, -0.2) is 57.0 Å². The van der Waals surface area contributed by atoms with Crippen LogP contribution in [0, 0.1) is 24.2 Å². The average Bonchev–Trinajstić information content (AvgIpc) is 3.22. The van der Waals surface area contributed by atoms with Crippen LogP contribution in [-0.2, 0) is 19.1 Å². The van der Waals surface area contributed by atoms with Crippen molar-refractivity contribution in [1.29, 1.82) is 0 Å². The van der Waals surface area contributed by atoms with E-state index in [1.165, 1.54) is 0 Å². The highest BCUT2D eigenvalue weighted by atomic mass is 32.1. The number of thiazole rings is 1. The van der Waals surface area contributed by atoms with Gasteiger partial charge >= 0.3 is 5.97 Å². The van der Waals surface area contributed by atoms with Crippen LogP contribution in [0.1, 0.15) is 84.3 Å². The van der Waals surface area contributed by atoms with Gasteiger partial charge in [0.15, 0.2) is 0 Å². The summed E-state index contributed by atoms with van der Waals surface area (Å²) in [5.41, 5.74) is 0.179. The number of hydrogen-bond donors (Lipinski definition) is 2. The number of carbonyl (C=O) groups excluding carboxylic acids is 2. The molecule has 2 fully saturated rings. The fraction of sp³-hybridized carbons (Fsp3) is 0.741. The molecule has 1 unspecified atom stereocenters. The molecule has 196 valence electrons. The molecule has 7 atom stereocenters. The van der Waals surface area contributed by atoms with Gasteiger partial charge in [-0.1, -0.05) is 34.1 Å². The first-order chi connectivity index (χ1) is 16.2. The standard InChI is InChI=1S/C27H41NO6S/c1-15-9-8-10-27(7)22(34-27)12-20(16(2)11-19-14-35-18(4)28-19)33-23(30)13-21(29)26(5,6)25(32)17(3)24(15)31/h11,14-15,17,20-22,24,29,31H,8-10,12-13H2,1-7H3/t15-,17+,20-,21-,22?,24-,27+/m0/s1. The van der Waals surface area contributed by atoms with E-state index in [4.69, 9.17) is 9.47 Å². The third kappa shape index (κ3) is 6.59. The van der Waals surface area contributed by atoms with Crippen molar-refractivity contribution in [2.24, 2.45) is 17.3 Å². The summed E-state index contributed by atoms with van der Waals surface area (Å²) in [6.45, 7) is 12.8. The summed E-state index contributed by atoms with van der Waals surface area (Å²) in [6.07, 6.45) is 1.98. The lowest BCUT2D eigenvalue weighted by atomic mass is 9.73. The number of carbonyl (C=O) groups is 2. The quantitative estimate of drug-likeness (QED) is 0.449. The number of nitrogens with zero attached hydrogens (tertiary/aromatic N) is 1. The molecule has 2 aliphatic heterocycles. The Kier molecular flexibility index (Phi) is 8.62. The number of fused-ring (bicyclic) bond motifs is 1. The first-order valence-electron chi connectivity index (χ1n) is 12.6. The molecular formula is C27H41NO6S. The van der Waals surface area contributed by atoms with Crippen LogP contribution in [0.25, 0.3) is 6.08 Å². The average molecular weight is 508 g/mol. The van der Waals surface area contributed by atoms with Gasteiger partial charge in [-0.05, 0) is 51.2 Å². The molecule has 0 bridgehead atoms. The van der Waals surface area contributed by atoms with Crippen molar-refractivity contribution < 1.29 is 29.3 Å². The number of esters is 1. The molecule has 0 saturated carbocycles. The summed E-state index contributed by atoms with van der Waals surface area (Å²) in [4.78, 5) is 30.6. The zero-order valence-electron chi connectivity index (χ0n) is 22.0. The highest BCUT2D eigenvalue weighted by Crippen LogP contribution is 2.45. The van der Waals surface area contributed by atoms with Crippen molar-refractivity contribution in [2.75, 3.05) is 0 Å². The van der Waals surface area contributed by atoms with Gasteiger partial charge < -0.3 is 19.7 Å². The van der Waals surface area contributed by atoms with Gasteiger partial charge in [0.2, 0.25) is 0 Å². The van der Waals surface area contributed by atoms with E-state index in [2.05, 4.69) is 11.9 Å². The predicted molar refractivity (Wildman–Crippen MR) is 136 cm³/mol. The number of aryl methyl sites for hydroxylation is 1. The zero-order valence-corrected chi connectivity index (χ0v) is 22.9. The van der Waals surface area contributed by atoms with Gasteiger partial charge in [-0.2, -0.15) is 0 Å². The molecule has 0 spiro atoms. The van der Waals surface area contributed by atoms with Crippen molar-refractivity contribution in [3.8, 4) is 0 Å². The summed E-state index contributed by atoms with van der Waals surface area (Å²) < 4.78 is 11.9. The normalized spacial score (nSPS) is 37.5. The maximum absolute atomic E-state index is 13.2. The number of ether oxygens (including phenoxy) is 2. The molecule has 8 heteroatoms. The first-order valence-corrected chi connectivity index (χ1v) is 13.5. The monoisotopic (exact) mass is 507 g/mol. The molecule has 3 rings (SSSR count). The highest BCUT2D eigenvalue weighted by Gasteiger charge is 2.53. The van der Waals surface area contributed by atoms with E-state index in [1.54, 1.807) is 32.1 Å². The summed E-state index contributed by atoms with van der Waals surface area (Å²) in [6, 6.07) is 0. The fourth-order valence-corrected chi connectivity index (χ4v) is 5.64. The fourth-order valence-electron chi connectivity index (χ4n) is 5.07. The molecule has 2 N–H and O–H groups in total. The SMILES string of the molecule is CC(=Cc1csc(C)n1)[C@@H]1CC2O[C@]2(C)CCC[C@H](C)[C@H](O)[C@@H](C)C(=O)C(C)(C)[C@@H](O)CC(=O)O1. The summed E-state index contributed by atoms with van der Waals surface area (Å²) in [5.74, 6) is -1.55. The van der Waals surface area contributed by atoms with Crippen molar-refractivity contribution >= 4 is 29.2 Å². The van der Waals surface area contributed by atoms with E-state index < -0.39 is 35.6 Å². The van der Waals surface area contributed by atoms with E-state index in [9.17, 15) is 19.8 Å². The van der Waals surface area contributed by atoms with Gasteiger partial charge in [-0.25, -0.2) is 4.98 Å². The Morgan fingerprint density at radius 2 is 1.91 bits per heavy atom. The molecule has 35 heavy (non-hydrogen) atoms. The lowest BCUT2D eigenvalue weighted by molar-refractivity contribution is -0.154. The Hall–Kier alpha value is -1.61. The molecule has 0 radical (unpaired) electrons. The van der Waals surface area contributed by atoms with Crippen molar-refractivity contribution in [3.05, 3.63) is 21.7 Å². The molecule has 2 aliphatic rings. The van der Waals surface area contributed by atoms with E-state index in [0.717, 1.165) is 35.5 Å². The lowest BCUT2D eigenvalue weighted by Crippen LogP contribution is -2.45. The smallest absolute Gasteiger partial charge is 0.309 e. The number of aliphatic hydroxyl groups is 2. The van der Waals surface area contributed by atoms with Gasteiger partial charge in [0.25, 0.3) is 0 Å². The molecule has 7 nitrogen and oxygen atoms in total. The minimum absolute atomic E-state index is 0.0455. The number of aromatic nitrogens is 1. The van der Waals surface area contributed by atoms with E-state index >= 15 is 0 Å². The van der Waals surface area contributed by atoms with Crippen LogP contribution in [0.15, 0.2) is 11.0 Å². The number of rotatable bonds is 2. The molecule has 2 saturated heterocycles. The van der Waals surface area contributed by atoms with E-state index in [-0.39, 0.29) is 29.8 Å². The van der Waals surface area contributed by atoms with Crippen molar-refractivity contribution in [3.63, 3.8) is 0 Å². The van der Waals surface area contributed by atoms with Crippen LogP contribution in [0.5, 0.6) is 0 Å². The Balaban J connectivity index is 1.85. The highest BCUT2D eigenvalue weighted by molar-refractivity contribution is 7.09. The Morgan fingerprint density at radius 1 is 1.23 bits per heavy atom. The first kappa shape index (κ1) is 28.0. The number of epoxide rings is 1. The minimum Gasteiger partial charge on any atom is -0.458 e. The predicted octanol–water partition coefficient (Wildman–Crippen LogP) is 4.48. The van der Waals surface area contributed by atoms with E-state index in [1.807, 2.05) is 32.2 Å². The van der Waals surface area contributed by atoms with Gasteiger partial charge in [0.1, 0.15) is 11.9 Å². The zero-order chi connectivity index (χ0) is 26.1. The minimum atomic E-state index is -1.23. The number of hydrogen-bond acceptors (Lipinski definition) is 8. The van der Waals surface area contributed by atoms with Crippen LogP contribution in [0.3, 0.4) is 0 Å². The number of ketones is 1. The summed E-state index contributed by atoms with van der Waals surface area (Å²) in [5, 5.41) is 24.6. The van der Waals surface area contributed by atoms with Crippen LogP contribution < -0.4 is 0 Å². The van der Waals surface area contributed by atoms with Crippen LogP contribution >= 0.6 is 11.3 Å². The number of cyclic esters (lactones) is 1. The van der Waals surface area contributed by atoms with E-state index in [0.29, 0.717) is 6.42 Å². The Morgan fingerprint density at radius 3 is 2.54 bits per heavy atom.